The first-order valence-corrected chi connectivity index (χ1v) is 18.2. The van der Waals surface area contributed by atoms with E-state index in [2.05, 4.69) is 15.0 Å². The molecule has 4 aliphatic rings. The molecule has 0 radical (unpaired) electrons. The Kier molecular flexibility index (Phi) is 11.4. The van der Waals surface area contributed by atoms with Gasteiger partial charge in [-0.3, -0.25) is 10.4 Å². The molecule has 19 nitrogen and oxygen atoms in total. The number of rotatable bonds is 14. The van der Waals surface area contributed by atoms with Gasteiger partial charge in [0.05, 0.1) is 12.3 Å². The van der Waals surface area contributed by atoms with E-state index in [1.807, 2.05) is 6.92 Å². The molecule has 8 atom stereocenters. The predicted octanol–water partition coefficient (Wildman–Crippen LogP) is 2.00. The van der Waals surface area contributed by atoms with Crippen molar-refractivity contribution >= 4 is 35.3 Å². The number of benzene rings is 3. The molecule has 1 fully saturated rings. The van der Waals surface area contributed by atoms with E-state index in [1.165, 1.54) is 42.8 Å². The lowest BCUT2D eigenvalue weighted by Gasteiger charge is -2.46. The summed E-state index contributed by atoms with van der Waals surface area (Å²) in [6.07, 6.45) is -7.18. The number of phenols is 2. The quantitative estimate of drug-likeness (QED) is 0.104. The van der Waals surface area contributed by atoms with Crippen LogP contribution in [0.25, 0.3) is 5.76 Å². The van der Waals surface area contributed by atoms with E-state index >= 15 is 0 Å². The van der Waals surface area contributed by atoms with E-state index in [-0.39, 0.29) is 53.0 Å². The van der Waals surface area contributed by atoms with Crippen molar-refractivity contribution in [2.45, 2.75) is 68.5 Å². The Bertz CT molecular complexity index is 2290. The number of fused-ring (bicyclic) bond motifs is 1. The van der Waals surface area contributed by atoms with Crippen LogP contribution in [0.15, 0.2) is 81.7 Å². The molecule has 1 saturated heterocycles. The molecule has 4 heterocycles. The predicted molar refractivity (Wildman–Crippen MR) is 207 cm³/mol. The molecule has 0 aliphatic carbocycles. The minimum atomic E-state index is -2.60. The van der Waals surface area contributed by atoms with Gasteiger partial charge in [0.25, 0.3) is 0 Å². The molecule has 10 N–H and O–H groups in total. The lowest BCUT2D eigenvalue weighted by molar-refractivity contribution is -0.303. The number of aliphatic hydroxyl groups excluding tert-OH is 5. The smallest absolute Gasteiger partial charge is 0.336 e. The number of phenolic OH excluding ortho intramolecular Hbond substituents is 2. The first-order chi connectivity index (χ1) is 28.1. The fourth-order valence-electron chi connectivity index (χ4n) is 6.87. The first-order valence-electron chi connectivity index (χ1n) is 18.2. The summed E-state index contributed by atoms with van der Waals surface area (Å²) in [5.41, 5.74) is -1.25. The molecule has 4 aliphatic heterocycles. The van der Waals surface area contributed by atoms with Gasteiger partial charge in [-0.2, -0.15) is 0 Å². The van der Waals surface area contributed by atoms with Crippen LogP contribution in [0.2, 0.25) is 0 Å². The average Bonchev–Trinajstić information content (AvgIpc) is 3.89. The largest absolute Gasteiger partial charge is 0.508 e. The van der Waals surface area contributed by atoms with E-state index in [9.17, 15) is 50.8 Å². The Morgan fingerprint density at radius 3 is 2.49 bits per heavy atom. The van der Waals surface area contributed by atoms with Crippen molar-refractivity contribution < 1.29 is 74.4 Å². The van der Waals surface area contributed by atoms with Crippen LogP contribution < -0.4 is 18.9 Å². The fourth-order valence-corrected chi connectivity index (χ4v) is 6.87. The van der Waals surface area contributed by atoms with Crippen molar-refractivity contribution in [3.05, 3.63) is 89.0 Å². The molecule has 0 aromatic heterocycles. The minimum absolute atomic E-state index is 0.0140. The molecule has 0 spiro atoms. The first kappa shape index (κ1) is 40.8. The molecule has 3 aromatic carbocycles. The molecule has 3 aromatic rings. The van der Waals surface area contributed by atoms with Crippen molar-refractivity contribution in [1.29, 1.82) is 5.41 Å². The summed E-state index contributed by atoms with van der Waals surface area (Å²) >= 11 is 0. The summed E-state index contributed by atoms with van der Waals surface area (Å²) < 4.78 is 29.1. The Morgan fingerprint density at radius 1 is 1.07 bits per heavy atom. The summed E-state index contributed by atoms with van der Waals surface area (Å²) in [6.45, 7) is 1.68. The molecule has 0 amide bonds. The third-order valence-electron chi connectivity index (χ3n) is 9.93. The Morgan fingerprint density at radius 2 is 1.83 bits per heavy atom. The second kappa shape index (κ2) is 16.5. The van der Waals surface area contributed by atoms with Gasteiger partial charge in [0.15, 0.2) is 17.6 Å². The van der Waals surface area contributed by atoms with Crippen molar-refractivity contribution in [2.24, 2.45) is 15.0 Å². The normalized spacial score (nSPS) is 25.6. The lowest BCUT2D eigenvalue weighted by atomic mass is 9.80. The number of aromatic hydroxyl groups is 2. The van der Waals surface area contributed by atoms with Crippen LogP contribution in [0.1, 0.15) is 48.0 Å². The van der Waals surface area contributed by atoms with Gasteiger partial charge in [0.2, 0.25) is 18.3 Å². The van der Waals surface area contributed by atoms with Gasteiger partial charge < -0.3 is 69.6 Å². The summed E-state index contributed by atoms with van der Waals surface area (Å²) in [5, 5.41) is 106. The molecule has 19 heteroatoms. The molecular weight excluding hydrogens is 776 g/mol. The van der Waals surface area contributed by atoms with Gasteiger partial charge >= 0.3 is 5.97 Å². The maximum atomic E-state index is 12.4. The second-order valence-corrected chi connectivity index (χ2v) is 14.0. The zero-order valence-electron chi connectivity index (χ0n) is 31.1. The molecule has 0 saturated carbocycles. The van der Waals surface area contributed by atoms with Crippen molar-refractivity contribution in [3.63, 3.8) is 0 Å². The third kappa shape index (κ3) is 8.33. The van der Waals surface area contributed by atoms with E-state index < -0.39 is 84.1 Å². The van der Waals surface area contributed by atoms with Crippen molar-refractivity contribution in [2.75, 3.05) is 13.2 Å². The number of hydrogen-bond donors (Lipinski definition) is 10. The van der Waals surface area contributed by atoms with Gasteiger partial charge in [0.1, 0.15) is 77.4 Å². The summed E-state index contributed by atoms with van der Waals surface area (Å²) in [7, 11) is 0. The highest BCUT2D eigenvalue weighted by molar-refractivity contribution is 6.15. The van der Waals surface area contributed by atoms with Crippen LogP contribution in [0, 0.1) is 5.41 Å². The van der Waals surface area contributed by atoms with E-state index in [1.54, 1.807) is 24.3 Å². The number of nitrogens with zero attached hydrogens (tertiary/aromatic N) is 3. The highest BCUT2D eigenvalue weighted by Crippen LogP contribution is 2.52. The summed E-state index contributed by atoms with van der Waals surface area (Å²) in [6, 6.07) is 11.7. The van der Waals surface area contributed by atoms with E-state index in [0.29, 0.717) is 23.3 Å². The number of carboxylic acids is 1. The molecule has 0 bridgehead atoms. The number of aliphatic imine (C=N–C) groups is 3. The SMILES string of the molecule is CCc1cc(O)cc(C(O)Oc2c(OC3OC(C(=O)O)C(O)(CC4=NC=NC4)C(O)C3O)cc3c(c2O)C(O)=CC(c2ccc(OCC(O)C4=NC(=N)C=C4)cc2)O3)c1. The average molecular weight is 817 g/mol. The van der Waals surface area contributed by atoms with Crippen LogP contribution in [0.3, 0.4) is 0 Å². The topological polar surface area (TPSA) is 306 Å². The monoisotopic (exact) mass is 816 g/mol. The zero-order chi connectivity index (χ0) is 42.2. The number of amidine groups is 1. The minimum Gasteiger partial charge on any atom is -0.508 e. The highest BCUT2D eigenvalue weighted by Gasteiger charge is 2.59. The molecule has 59 heavy (non-hydrogen) atoms. The Hall–Kier alpha value is -6.35. The van der Waals surface area contributed by atoms with Gasteiger partial charge in [0, 0.05) is 29.8 Å². The highest BCUT2D eigenvalue weighted by atomic mass is 16.7. The fraction of sp³-hybridized carbons (Fsp3) is 0.325. The number of nitrogens with one attached hydrogen (secondary N) is 1. The number of aliphatic carboxylic acids is 1. The van der Waals surface area contributed by atoms with Gasteiger partial charge in [-0.25, -0.2) is 14.8 Å². The number of carboxylic acid groups (broad SMARTS) is 1. The van der Waals surface area contributed by atoms with Crippen LogP contribution in [0.5, 0.6) is 34.5 Å². The molecule has 8 unspecified atom stereocenters. The second-order valence-electron chi connectivity index (χ2n) is 14.0. The number of carbonyl (C=O) groups is 1. The Balaban J connectivity index is 1.19. The van der Waals surface area contributed by atoms with Gasteiger partial charge in [-0.1, -0.05) is 19.1 Å². The lowest BCUT2D eigenvalue weighted by Crippen LogP contribution is -2.69. The standard InChI is InChI=1S/C40H40N4O15/c1-2-18-9-20(11-22(45)10-18)38(53)58-34-29(57-39-33(49)35(50)40(54,36(59-39)37(51)52)14-21-15-42-17-43-21)13-28-31(32(34)48)25(46)12-27(56-28)19-3-5-23(6-4-19)55-16-26(47)24-7-8-30(41)44-24/h3-13,17,26-27,33,35-36,38-39,41,45-50,53-54H,2,14-16H2,1H3,(H,51,52). The zero-order valence-corrected chi connectivity index (χ0v) is 31.1. The van der Waals surface area contributed by atoms with Gasteiger partial charge in [-0.15, -0.1) is 0 Å². The van der Waals surface area contributed by atoms with Crippen LogP contribution in [0.4, 0.5) is 0 Å². The van der Waals surface area contributed by atoms with E-state index in [4.69, 9.17) is 29.1 Å². The van der Waals surface area contributed by atoms with E-state index in [0.717, 1.165) is 6.07 Å². The van der Waals surface area contributed by atoms with Crippen molar-refractivity contribution in [1.82, 2.24) is 0 Å². The Labute approximate surface area is 334 Å². The number of hydrogen-bond acceptors (Lipinski definition) is 17. The van der Waals surface area contributed by atoms with Crippen LogP contribution in [-0.2, 0) is 16.0 Å². The van der Waals surface area contributed by atoms with Crippen LogP contribution >= 0.6 is 0 Å². The maximum Gasteiger partial charge on any atom is 0.336 e. The molecule has 7 rings (SSSR count). The van der Waals surface area contributed by atoms with Gasteiger partial charge in [-0.05, 0) is 60.0 Å². The summed E-state index contributed by atoms with van der Waals surface area (Å²) in [4.78, 5) is 24.2. The molecular formula is C40H40N4O15. The third-order valence-corrected chi connectivity index (χ3v) is 9.93. The maximum absolute atomic E-state index is 12.4. The number of aryl methyl sites for hydroxylation is 1. The summed E-state index contributed by atoms with van der Waals surface area (Å²) in [5.74, 6) is -4.29. The number of ether oxygens (including phenoxy) is 5. The van der Waals surface area contributed by atoms with Crippen LogP contribution in [-0.4, -0.2) is 125 Å². The van der Waals surface area contributed by atoms with Crippen molar-refractivity contribution in [3.8, 4) is 34.5 Å². The number of aliphatic hydroxyl groups is 6. The molecule has 310 valence electrons.